The summed E-state index contributed by atoms with van der Waals surface area (Å²) in [4.78, 5) is 18.5. The number of aliphatic carboxylic acids is 2. The topological polar surface area (TPSA) is 115 Å². The summed E-state index contributed by atoms with van der Waals surface area (Å²) in [5.41, 5.74) is -0.306. The van der Waals surface area contributed by atoms with Gasteiger partial charge in [0.25, 0.3) is 0 Å². The molecule has 4 N–H and O–H groups in total. The van der Waals surface area contributed by atoms with Crippen LogP contribution in [0.4, 0.5) is 0 Å². The zero-order valence-corrected chi connectivity index (χ0v) is 31.3. The van der Waals surface area contributed by atoms with Crippen molar-refractivity contribution >= 4 is 11.9 Å². The number of hydrogen-bond donors (Lipinski definition) is 4. The second-order valence-corrected chi connectivity index (χ2v) is 14.2. The van der Waals surface area contributed by atoms with Crippen molar-refractivity contribution in [1.29, 1.82) is 0 Å². The van der Waals surface area contributed by atoms with Gasteiger partial charge < -0.3 is 20.4 Å². The van der Waals surface area contributed by atoms with E-state index in [4.69, 9.17) is 20.4 Å². The van der Waals surface area contributed by atoms with Gasteiger partial charge in [-0.15, -0.1) is 0 Å². The molecule has 3 aliphatic carbocycles. The highest BCUT2D eigenvalue weighted by Crippen LogP contribution is 2.17. The van der Waals surface area contributed by atoms with Crippen molar-refractivity contribution in [2.45, 2.75) is 206 Å². The van der Waals surface area contributed by atoms with Gasteiger partial charge in [0.2, 0.25) is 0 Å². The highest BCUT2D eigenvalue weighted by atomic mass is 16.4. The molecule has 0 aromatic rings. The number of aliphatic hydroxyl groups is 2. The largest absolute Gasteiger partial charge is 0.478 e. The average Bonchev–Trinajstić information content (AvgIpc) is 3.10. The maximum Gasteiger partial charge on any atom is 0.327 e. The number of hydrogen-bond acceptors (Lipinski definition) is 4. The van der Waals surface area contributed by atoms with E-state index in [1.165, 1.54) is 193 Å². The smallest absolute Gasteiger partial charge is 0.327 e. The molecule has 6 nitrogen and oxygen atoms in total. The van der Waals surface area contributed by atoms with Crippen molar-refractivity contribution in [3.8, 4) is 0 Å². The van der Waals surface area contributed by atoms with Gasteiger partial charge in [0.15, 0.2) is 0 Å². The van der Waals surface area contributed by atoms with Gasteiger partial charge in [-0.25, -0.2) is 9.59 Å². The van der Waals surface area contributed by atoms with Crippen molar-refractivity contribution in [2.24, 2.45) is 5.41 Å². The standard InChI is InChI=1S/3C10H20.C5H12O2.2C3H4O2/c3*1-2-4-6-8-10-9-7-5-3-1;1-5(2,3-6)4-7;2*1-2-3(4)5/h3*1-10H2;6-7H,3-4H2,1-2H3;2*2H,1H2,(H,4,5). The number of rotatable bonds is 4. The normalized spacial score (nSPS) is 18.5. The van der Waals surface area contributed by atoms with E-state index in [2.05, 4.69) is 13.2 Å². The van der Waals surface area contributed by atoms with Gasteiger partial charge in [0.1, 0.15) is 0 Å². The van der Waals surface area contributed by atoms with Crippen LogP contribution in [0.1, 0.15) is 206 Å². The van der Waals surface area contributed by atoms with Gasteiger partial charge in [-0.2, -0.15) is 0 Å². The molecular weight excluding hydrogens is 588 g/mol. The van der Waals surface area contributed by atoms with Gasteiger partial charge in [0, 0.05) is 17.6 Å². The minimum Gasteiger partial charge on any atom is -0.478 e. The lowest BCUT2D eigenvalue weighted by Gasteiger charge is -2.16. The lowest BCUT2D eigenvalue weighted by Crippen LogP contribution is -2.20. The number of carbonyl (C=O) groups is 2. The van der Waals surface area contributed by atoms with Crippen molar-refractivity contribution in [3.05, 3.63) is 25.3 Å². The molecule has 0 aromatic carbocycles. The van der Waals surface area contributed by atoms with Crippen LogP contribution >= 0.6 is 0 Å². The van der Waals surface area contributed by atoms with E-state index < -0.39 is 11.9 Å². The quantitative estimate of drug-likeness (QED) is 0.222. The molecule has 0 spiro atoms. The Morgan fingerprint density at radius 1 is 0.404 bits per heavy atom. The number of carboxylic acid groups (broad SMARTS) is 2. The van der Waals surface area contributed by atoms with Crippen LogP contribution in [0, 0.1) is 5.41 Å². The van der Waals surface area contributed by atoms with Crippen molar-refractivity contribution in [3.63, 3.8) is 0 Å². The van der Waals surface area contributed by atoms with Crippen LogP contribution in [0.3, 0.4) is 0 Å². The molecule has 0 aliphatic heterocycles. The molecule has 0 atom stereocenters. The fraction of sp³-hybridized carbons (Fsp3) is 0.854. The predicted molar refractivity (Wildman–Crippen MR) is 202 cm³/mol. The molecular formula is C41H80O6. The highest BCUT2D eigenvalue weighted by Gasteiger charge is 2.13. The molecule has 0 radical (unpaired) electrons. The van der Waals surface area contributed by atoms with Crippen LogP contribution in [0.2, 0.25) is 0 Å². The van der Waals surface area contributed by atoms with Crippen LogP contribution in [0.25, 0.3) is 0 Å². The first-order chi connectivity index (χ1) is 22.7. The lowest BCUT2D eigenvalue weighted by atomic mass is 9.97. The van der Waals surface area contributed by atoms with E-state index >= 15 is 0 Å². The Balaban J connectivity index is -0.000000507. The van der Waals surface area contributed by atoms with Crippen LogP contribution in [-0.4, -0.2) is 45.6 Å². The van der Waals surface area contributed by atoms with Gasteiger partial charge in [-0.1, -0.05) is 220 Å². The Labute approximate surface area is 291 Å². The molecule has 0 amide bonds. The highest BCUT2D eigenvalue weighted by molar-refractivity contribution is 5.79. The minimum absolute atomic E-state index is 0.0451. The molecule has 0 saturated heterocycles. The Morgan fingerprint density at radius 3 is 0.511 bits per heavy atom. The molecule has 3 saturated carbocycles. The number of aliphatic hydroxyl groups excluding tert-OH is 2. The third kappa shape index (κ3) is 54.1. The molecule has 0 unspecified atom stereocenters. The summed E-state index contributed by atoms with van der Waals surface area (Å²) in [7, 11) is 0. The van der Waals surface area contributed by atoms with E-state index in [9.17, 15) is 9.59 Å². The SMILES string of the molecule is C1CCCCCCCCC1.C1CCCCCCCCC1.C1CCCCCCCCC1.C=CC(=O)O.C=CC(=O)O.CC(C)(CO)CO. The van der Waals surface area contributed by atoms with Crippen molar-refractivity contribution in [1.82, 2.24) is 0 Å². The van der Waals surface area contributed by atoms with E-state index in [0.717, 1.165) is 12.2 Å². The lowest BCUT2D eigenvalue weighted by molar-refractivity contribution is -0.132. The van der Waals surface area contributed by atoms with Crippen molar-refractivity contribution < 1.29 is 30.0 Å². The summed E-state index contributed by atoms with van der Waals surface area (Å²) in [5.74, 6) is -1.96. The average molecular weight is 669 g/mol. The monoisotopic (exact) mass is 669 g/mol. The first-order valence-electron chi connectivity index (χ1n) is 19.6. The molecule has 3 fully saturated rings. The van der Waals surface area contributed by atoms with E-state index in [1.54, 1.807) is 13.8 Å². The number of carboxylic acids is 2. The zero-order valence-electron chi connectivity index (χ0n) is 31.3. The zero-order chi connectivity index (χ0) is 35.7. The first kappa shape index (κ1) is 49.7. The molecule has 0 bridgehead atoms. The van der Waals surface area contributed by atoms with E-state index in [-0.39, 0.29) is 18.6 Å². The summed E-state index contributed by atoms with van der Waals surface area (Å²) < 4.78 is 0. The predicted octanol–water partition coefficient (Wildman–Crippen LogP) is 12.2. The second kappa shape index (κ2) is 42.4. The van der Waals surface area contributed by atoms with Gasteiger partial charge in [-0.05, 0) is 0 Å². The van der Waals surface area contributed by atoms with Crippen LogP contribution in [0.5, 0.6) is 0 Å². The third-order valence-electron chi connectivity index (χ3n) is 8.71. The van der Waals surface area contributed by atoms with Crippen molar-refractivity contribution in [2.75, 3.05) is 13.2 Å². The summed E-state index contributed by atoms with van der Waals surface area (Å²) >= 11 is 0. The Kier molecular flexibility index (Phi) is 44.8. The van der Waals surface area contributed by atoms with Gasteiger partial charge in [-0.3, -0.25) is 0 Å². The van der Waals surface area contributed by atoms with Gasteiger partial charge >= 0.3 is 11.9 Å². The first-order valence-corrected chi connectivity index (χ1v) is 19.6. The Morgan fingerprint density at radius 2 is 0.489 bits per heavy atom. The fourth-order valence-corrected chi connectivity index (χ4v) is 5.35. The minimum atomic E-state index is -0.981. The van der Waals surface area contributed by atoms with E-state index in [1.807, 2.05) is 0 Å². The van der Waals surface area contributed by atoms with Gasteiger partial charge in [0.05, 0.1) is 13.2 Å². The molecule has 47 heavy (non-hydrogen) atoms. The van der Waals surface area contributed by atoms with Crippen LogP contribution < -0.4 is 0 Å². The molecule has 6 heteroatoms. The second-order valence-electron chi connectivity index (χ2n) is 14.2. The fourth-order valence-electron chi connectivity index (χ4n) is 5.35. The van der Waals surface area contributed by atoms with E-state index in [0.29, 0.717) is 0 Å². The molecule has 280 valence electrons. The molecule has 3 aliphatic rings. The molecule has 0 aromatic heterocycles. The summed E-state index contributed by atoms with van der Waals surface area (Å²) in [6.45, 7) is 9.61. The molecule has 3 rings (SSSR count). The summed E-state index contributed by atoms with van der Waals surface area (Å²) in [6.07, 6.45) is 46.7. The Hall–Kier alpha value is -1.66. The van der Waals surface area contributed by atoms with Crippen LogP contribution in [0.15, 0.2) is 25.3 Å². The molecule has 0 heterocycles. The Bertz CT molecular complexity index is 489. The van der Waals surface area contributed by atoms with Crippen LogP contribution in [-0.2, 0) is 9.59 Å². The maximum atomic E-state index is 9.25. The third-order valence-corrected chi connectivity index (χ3v) is 8.71. The summed E-state index contributed by atoms with van der Waals surface area (Å²) in [5, 5.41) is 32.1. The maximum absolute atomic E-state index is 9.25. The summed E-state index contributed by atoms with van der Waals surface area (Å²) in [6, 6.07) is 0.